The number of para-hydroxylation sites is 1. The van der Waals surface area contributed by atoms with Gasteiger partial charge in [-0.05, 0) is 76.1 Å². The van der Waals surface area contributed by atoms with Crippen LogP contribution in [0.25, 0.3) is 0 Å². The number of carbonyl (C=O) groups excluding carboxylic acids is 5. The topological polar surface area (TPSA) is 156 Å². The molecule has 3 aliphatic heterocycles. The van der Waals surface area contributed by atoms with Crippen molar-refractivity contribution in [3.8, 4) is 5.75 Å². The summed E-state index contributed by atoms with van der Waals surface area (Å²) < 4.78 is 25.8. The number of hydrogen-bond donors (Lipinski definition) is 3. The Hall–Kier alpha value is -4.88. The second-order valence-electron chi connectivity index (χ2n) is 15.7. The summed E-state index contributed by atoms with van der Waals surface area (Å²) in [4.78, 5) is 77.2. The van der Waals surface area contributed by atoms with Crippen molar-refractivity contribution in [2.45, 2.75) is 128 Å². The van der Waals surface area contributed by atoms with Crippen molar-refractivity contribution < 1.29 is 42.7 Å². The van der Waals surface area contributed by atoms with Gasteiger partial charge in [0.15, 0.2) is 5.75 Å². The maximum Gasteiger partial charge on any atom is 0.410 e. The minimum atomic E-state index is -1.26. The lowest BCUT2D eigenvalue weighted by molar-refractivity contribution is -0.142. The predicted octanol–water partition coefficient (Wildman–Crippen LogP) is 5.18. The highest BCUT2D eigenvalue weighted by Gasteiger charge is 2.62. The van der Waals surface area contributed by atoms with Gasteiger partial charge in [-0.1, -0.05) is 62.4 Å². The van der Waals surface area contributed by atoms with Crippen LogP contribution >= 0.6 is 0 Å². The third kappa shape index (κ3) is 8.85. The molecule has 4 aliphatic rings. The Balaban J connectivity index is 1.23. The minimum Gasteiger partial charge on any atom is -0.444 e. The summed E-state index contributed by atoms with van der Waals surface area (Å²) in [5, 5.41) is 5.71. The van der Waals surface area contributed by atoms with E-state index in [-0.39, 0.29) is 32.0 Å². The van der Waals surface area contributed by atoms with Gasteiger partial charge in [0, 0.05) is 18.5 Å². The normalized spacial score (nSPS) is 26.1. The molecule has 286 valence electrons. The highest BCUT2D eigenvalue weighted by molar-refractivity contribution is 5.98. The number of nitrogens with one attached hydrogen (secondary N) is 3. The Morgan fingerprint density at radius 1 is 0.962 bits per heavy atom. The molecular formula is C39H50FN5O8. The number of fused-ring (bicyclic) bond motifs is 3. The molecule has 5 amide bonds. The van der Waals surface area contributed by atoms with Gasteiger partial charge in [0.05, 0.1) is 13.1 Å². The number of amides is 5. The van der Waals surface area contributed by atoms with Gasteiger partial charge in [-0.3, -0.25) is 19.3 Å². The molecule has 0 bridgehead atoms. The molecule has 2 aromatic rings. The summed E-state index contributed by atoms with van der Waals surface area (Å²) in [6.07, 6.45) is 3.17. The van der Waals surface area contributed by atoms with E-state index in [1.807, 2.05) is 19.1 Å². The molecule has 2 saturated heterocycles. The fourth-order valence-electron chi connectivity index (χ4n) is 7.61. The van der Waals surface area contributed by atoms with Crippen molar-refractivity contribution in [2.75, 3.05) is 6.54 Å². The van der Waals surface area contributed by atoms with Crippen molar-refractivity contribution in [3.63, 3.8) is 0 Å². The van der Waals surface area contributed by atoms with Gasteiger partial charge in [-0.15, -0.1) is 0 Å². The summed E-state index contributed by atoms with van der Waals surface area (Å²) in [5.41, 5.74) is 2.41. The number of benzene rings is 2. The summed E-state index contributed by atoms with van der Waals surface area (Å²) in [5.74, 6) is -1.66. The average Bonchev–Trinajstić information content (AvgIpc) is 3.39. The Morgan fingerprint density at radius 2 is 1.70 bits per heavy atom. The number of nitrogens with zero attached hydrogens (tertiary/aromatic N) is 2. The highest BCUT2D eigenvalue weighted by atomic mass is 19.1. The van der Waals surface area contributed by atoms with E-state index >= 15 is 0 Å². The van der Waals surface area contributed by atoms with E-state index < -0.39 is 65.1 Å². The number of aryl methyl sites for hydroxylation is 1. The highest BCUT2D eigenvalue weighted by Crippen LogP contribution is 2.48. The van der Waals surface area contributed by atoms with Gasteiger partial charge in [0.25, 0.3) is 5.91 Å². The van der Waals surface area contributed by atoms with Crippen molar-refractivity contribution >= 4 is 29.9 Å². The smallest absolute Gasteiger partial charge is 0.410 e. The number of hydroxylamine groups is 1. The maximum absolute atomic E-state index is 14.4. The Bertz CT molecular complexity index is 1730. The van der Waals surface area contributed by atoms with Gasteiger partial charge in [0.2, 0.25) is 11.8 Å². The van der Waals surface area contributed by atoms with Crippen molar-refractivity contribution in [1.29, 1.82) is 0 Å². The lowest BCUT2D eigenvalue weighted by Gasteiger charge is -2.30. The van der Waals surface area contributed by atoms with Crippen molar-refractivity contribution in [1.82, 2.24) is 25.9 Å². The monoisotopic (exact) mass is 735 g/mol. The molecule has 3 heterocycles. The third-order valence-corrected chi connectivity index (χ3v) is 10.5. The molecule has 14 heteroatoms. The molecule has 6 rings (SSSR count). The number of rotatable bonds is 5. The van der Waals surface area contributed by atoms with Crippen LogP contribution in [0.1, 0.15) is 95.2 Å². The maximum atomic E-state index is 14.4. The molecular weight excluding hydrogens is 685 g/mol. The zero-order valence-electron chi connectivity index (χ0n) is 30.9. The van der Waals surface area contributed by atoms with Crippen LogP contribution in [-0.4, -0.2) is 75.6 Å². The van der Waals surface area contributed by atoms with Crippen LogP contribution in [0.3, 0.4) is 0 Å². The second-order valence-corrected chi connectivity index (χ2v) is 15.7. The summed E-state index contributed by atoms with van der Waals surface area (Å²) in [6, 6.07) is 9.78. The van der Waals surface area contributed by atoms with Gasteiger partial charge in [0.1, 0.15) is 35.1 Å². The lowest BCUT2D eigenvalue weighted by Crippen LogP contribution is -2.58. The van der Waals surface area contributed by atoms with Gasteiger partial charge in [-0.25, -0.2) is 14.0 Å². The van der Waals surface area contributed by atoms with E-state index in [1.54, 1.807) is 45.0 Å². The number of alkyl carbamates (subject to hydrolysis) is 1. The van der Waals surface area contributed by atoms with Crippen LogP contribution in [0, 0.1) is 18.7 Å². The first kappa shape index (κ1) is 37.9. The van der Waals surface area contributed by atoms with E-state index in [0.29, 0.717) is 42.6 Å². The summed E-state index contributed by atoms with van der Waals surface area (Å²) in [6.45, 7) is 7.10. The summed E-state index contributed by atoms with van der Waals surface area (Å²) >= 11 is 0. The van der Waals surface area contributed by atoms with Crippen LogP contribution < -0.4 is 21.0 Å². The van der Waals surface area contributed by atoms with E-state index in [9.17, 15) is 28.4 Å². The largest absolute Gasteiger partial charge is 0.444 e. The third-order valence-electron chi connectivity index (χ3n) is 10.5. The average molecular weight is 736 g/mol. The fourth-order valence-corrected chi connectivity index (χ4v) is 7.61. The van der Waals surface area contributed by atoms with E-state index in [4.69, 9.17) is 14.3 Å². The van der Waals surface area contributed by atoms with Crippen molar-refractivity contribution in [2.24, 2.45) is 5.92 Å². The second kappa shape index (κ2) is 15.6. The van der Waals surface area contributed by atoms with E-state index in [0.717, 1.165) is 31.2 Å². The van der Waals surface area contributed by atoms with Crippen LogP contribution in [0.2, 0.25) is 0 Å². The molecule has 3 fully saturated rings. The van der Waals surface area contributed by atoms with Crippen LogP contribution in [0.5, 0.6) is 5.75 Å². The minimum absolute atomic E-state index is 0.0333. The standard InChI is InChI=1S/C39H50FN5O8/c1-24-13-10-11-18-32(24)53-43-35(48)39-20-26(39)15-8-6-5-7-9-17-30(41-36(49)52-38(2,3)4)34(47)45-22-27(19-31(45)33(46)42-39)51-37(50)44-21-25-14-12-16-29(40)28(25)23-44/h10-14,16,18,26-27,30-31H,5-9,15,17,19-23H2,1-4H3,(H,41,49)(H,42,46)(H,43,48)/t26-,27-,30+,31+,39-/m1/s1. The molecule has 2 aromatic carbocycles. The molecule has 13 nitrogen and oxygen atoms in total. The number of carbonyl (C=O) groups is 5. The Morgan fingerprint density at radius 3 is 2.43 bits per heavy atom. The first-order valence-electron chi connectivity index (χ1n) is 18.6. The summed E-state index contributed by atoms with van der Waals surface area (Å²) in [7, 11) is 0. The van der Waals surface area contributed by atoms with Gasteiger partial charge < -0.3 is 29.8 Å². The molecule has 5 atom stereocenters. The SMILES string of the molecule is Cc1ccccc1ONC(=O)[C@@]12C[C@H]1CCCCCCC[C@H](NC(=O)OC(C)(C)C)C(=O)N1C[C@H](OC(=O)N3Cc4cccc(F)c4C3)C[C@H]1C(=O)N2. The van der Waals surface area contributed by atoms with Crippen LogP contribution in [0.4, 0.5) is 14.0 Å². The first-order valence-corrected chi connectivity index (χ1v) is 18.6. The molecule has 1 aliphatic carbocycles. The quantitative estimate of drug-likeness (QED) is 0.355. The molecule has 0 radical (unpaired) electrons. The van der Waals surface area contributed by atoms with E-state index in [2.05, 4.69) is 16.1 Å². The van der Waals surface area contributed by atoms with E-state index in [1.165, 1.54) is 15.9 Å². The number of ether oxygens (including phenoxy) is 2. The van der Waals surface area contributed by atoms with Crippen molar-refractivity contribution in [3.05, 3.63) is 65.0 Å². The van der Waals surface area contributed by atoms with Crippen LogP contribution in [-0.2, 0) is 36.9 Å². The zero-order chi connectivity index (χ0) is 37.9. The van der Waals surface area contributed by atoms with Gasteiger partial charge >= 0.3 is 12.2 Å². The molecule has 0 aromatic heterocycles. The zero-order valence-corrected chi connectivity index (χ0v) is 30.9. The lowest BCUT2D eigenvalue weighted by atomic mass is 10.0. The first-order chi connectivity index (χ1) is 25.2. The molecule has 3 N–H and O–H groups in total. The van der Waals surface area contributed by atoms with Gasteiger partial charge in [-0.2, -0.15) is 5.48 Å². The Kier molecular flexibility index (Phi) is 11.2. The fraction of sp³-hybridized carbons (Fsp3) is 0.564. The number of hydrogen-bond acceptors (Lipinski definition) is 8. The van der Waals surface area contributed by atoms with Crippen LogP contribution in [0.15, 0.2) is 42.5 Å². The molecule has 1 saturated carbocycles. The molecule has 0 spiro atoms. The molecule has 53 heavy (non-hydrogen) atoms. The Labute approximate surface area is 309 Å². The predicted molar refractivity (Wildman–Crippen MR) is 190 cm³/mol. The molecule has 0 unspecified atom stereocenters. The number of halogens is 1.